The number of nitriles is 1. The first-order chi connectivity index (χ1) is 12.1. The van der Waals surface area contributed by atoms with E-state index >= 15 is 0 Å². The summed E-state index contributed by atoms with van der Waals surface area (Å²) in [7, 11) is 0. The first-order valence-corrected chi connectivity index (χ1v) is 7.63. The maximum atomic E-state index is 12.4. The minimum Gasteiger partial charge on any atom is -0.324 e. The van der Waals surface area contributed by atoms with Gasteiger partial charge in [-0.05, 0) is 49.4 Å². The maximum Gasteiger partial charge on any atom is 0.274 e. The number of hydrogen-bond donors (Lipinski definition) is 2. The lowest BCUT2D eigenvalue weighted by atomic mass is 10.2. The predicted octanol–water partition coefficient (Wildman–Crippen LogP) is 3.65. The molecule has 0 aliphatic carbocycles. The average Bonchev–Trinajstić information content (AvgIpc) is 2.63. The molecule has 1 amide bonds. The van der Waals surface area contributed by atoms with Gasteiger partial charge in [-0.15, -0.1) is 0 Å². The fourth-order valence-electron chi connectivity index (χ4n) is 2.21. The molecule has 1 heterocycles. The van der Waals surface area contributed by atoms with Gasteiger partial charge in [0.05, 0.1) is 11.6 Å². The third kappa shape index (κ3) is 4.18. The Hall–Kier alpha value is -3.72. The van der Waals surface area contributed by atoms with Gasteiger partial charge in [0.15, 0.2) is 0 Å². The summed E-state index contributed by atoms with van der Waals surface area (Å²) in [6.45, 7) is 1.80. The standard InChI is InChI=1S/C19H15N5O/c1-13-11-17(18(25)22-15-5-3-2-4-6-15)24-19(21-13)23-16-9-7-14(12-20)8-10-16/h2-11H,1H3,(H,22,25)(H,21,23,24). The number of amides is 1. The number of anilines is 3. The van der Waals surface area contributed by atoms with Crippen LogP contribution in [0, 0.1) is 18.3 Å². The summed E-state index contributed by atoms with van der Waals surface area (Å²) in [6, 6.07) is 19.8. The number of hydrogen-bond acceptors (Lipinski definition) is 5. The quantitative estimate of drug-likeness (QED) is 0.762. The summed E-state index contributed by atoms with van der Waals surface area (Å²) < 4.78 is 0. The van der Waals surface area contributed by atoms with Crippen LogP contribution in [0.25, 0.3) is 0 Å². The van der Waals surface area contributed by atoms with Crippen LogP contribution in [-0.4, -0.2) is 15.9 Å². The van der Waals surface area contributed by atoms with E-state index in [0.29, 0.717) is 22.9 Å². The molecular formula is C19H15N5O. The number of rotatable bonds is 4. The lowest BCUT2D eigenvalue weighted by Crippen LogP contribution is -2.15. The zero-order chi connectivity index (χ0) is 17.6. The van der Waals surface area contributed by atoms with Crippen LogP contribution < -0.4 is 10.6 Å². The number of carbonyl (C=O) groups excluding carboxylic acids is 1. The van der Waals surface area contributed by atoms with Gasteiger partial charge >= 0.3 is 0 Å². The van der Waals surface area contributed by atoms with E-state index in [-0.39, 0.29) is 11.6 Å². The molecule has 25 heavy (non-hydrogen) atoms. The van der Waals surface area contributed by atoms with Crippen LogP contribution in [0.1, 0.15) is 21.7 Å². The lowest BCUT2D eigenvalue weighted by Gasteiger charge is -2.09. The highest BCUT2D eigenvalue weighted by Crippen LogP contribution is 2.15. The van der Waals surface area contributed by atoms with Crippen molar-refractivity contribution < 1.29 is 4.79 Å². The zero-order valence-corrected chi connectivity index (χ0v) is 13.5. The van der Waals surface area contributed by atoms with Crippen molar-refractivity contribution in [1.82, 2.24) is 9.97 Å². The van der Waals surface area contributed by atoms with Crippen molar-refractivity contribution in [3.05, 3.63) is 77.6 Å². The molecule has 6 heteroatoms. The number of nitrogens with one attached hydrogen (secondary N) is 2. The van der Waals surface area contributed by atoms with Gasteiger partial charge in [0.1, 0.15) is 5.69 Å². The summed E-state index contributed by atoms with van der Waals surface area (Å²) in [5.74, 6) is 0.0162. The van der Waals surface area contributed by atoms with Gasteiger partial charge < -0.3 is 10.6 Å². The van der Waals surface area contributed by atoms with E-state index in [1.165, 1.54) is 0 Å². The molecule has 0 aliphatic heterocycles. The molecule has 2 N–H and O–H groups in total. The van der Waals surface area contributed by atoms with Crippen molar-refractivity contribution in [3.63, 3.8) is 0 Å². The van der Waals surface area contributed by atoms with Crippen LogP contribution in [0.3, 0.4) is 0 Å². The molecule has 3 aromatic rings. The van der Waals surface area contributed by atoms with Crippen molar-refractivity contribution >= 4 is 23.2 Å². The molecule has 1 aromatic heterocycles. The second-order valence-corrected chi connectivity index (χ2v) is 5.35. The summed E-state index contributed by atoms with van der Waals surface area (Å²) in [5, 5.41) is 14.7. The molecule has 0 saturated heterocycles. The van der Waals surface area contributed by atoms with Gasteiger partial charge in [-0.2, -0.15) is 5.26 Å². The second-order valence-electron chi connectivity index (χ2n) is 5.35. The minimum absolute atomic E-state index is 0.271. The van der Waals surface area contributed by atoms with Gasteiger partial charge in [0, 0.05) is 17.1 Å². The van der Waals surface area contributed by atoms with Gasteiger partial charge in [-0.25, -0.2) is 9.97 Å². The third-order valence-electron chi connectivity index (χ3n) is 3.39. The maximum absolute atomic E-state index is 12.4. The minimum atomic E-state index is -0.306. The van der Waals surface area contributed by atoms with E-state index in [1.54, 1.807) is 37.3 Å². The Bertz CT molecular complexity index is 930. The van der Waals surface area contributed by atoms with Crippen LogP contribution in [-0.2, 0) is 0 Å². The molecule has 0 unspecified atom stereocenters. The van der Waals surface area contributed by atoms with Crippen molar-refractivity contribution in [2.45, 2.75) is 6.92 Å². The van der Waals surface area contributed by atoms with Crippen molar-refractivity contribution in [3.8, 4) is 6.07 Å². The van der Waals surface area contributed by atoms with E-state index in [0.717, 1.165) is 5.69 Å². The van der Waals surface area contributed by atoms with E-state index in [4.69, 9.17) is 5.26 Å². The molecule has 0 fully saturated rings. The van der Waals surface area contributed by atoms with Gasteiger partial charge in [-0.3, -0.25) is 4.79 Å². The second kappa shape index (κ2) is 7.23. The molecule has 0 radical (unpaired) electrons. The average molecular weight is 329 g/mol. The fraction of sp³-hybridized carbons (Fsp3) is 0.0526. The molecule has 0 aliphatic rings. The topological polar surface area (TPSA) is 90.7 Å². The highest BCUT2D eigenvalue weighted by molar-refractivity contribution is 6.03. The van der Waals surface area contributed by atoms with Crippen LogP contribution in [0.2, 0.25) is 0 Å². The Balaban J connectivity index is 1.80. The molecule has 6 nitrogen and oxygen atoms in total. The smallest absolute Gasteiger partial charge is 0.274 e. The Morgan fingerprint density at radius 2 is 1.72 bits per heavy atom. The predicted molar refractivity (Wildman–Crippen MR) is 95.6 cm³/mol. The number of nitrogens with zero attached hydrogens (tertiary/aromatic N) is 3. The van der Waals surface area contributed by atoms with Gasteiger partial charge in [0.25, 0.3) is 5.91 Å². The van der Waals surface area contributed by atoms with E-state index in [1.807, 2.05) is 30.3 Å². The number of aryl methyl sites for hydroxylation is 1. The molecular weight excluding hydrogens is 314 g/mol. The largest absolute Gasteiger partial charge is 0.324 e. The van der Waals surface area contributed by atoms with Gasteiger partial charge in [0.2, 0.25) is 5.95 Å². The van der Waals surface area contributed by atoms with Crippen LogP contribution in [0.5, 0.6) is 0 Å². The van der Waals surface area contributed by atoms with E-state index in [2.05, 4.69) is 26.7 Å². The van der Waals surface area contributed by atoms with E-state index in [9.17, 15) is 4.79 Å². The molecule has 0 saturated carbocycles. The lowest BCUT2D eigenvalue weighted by molar-refractivity contribution is 0.102. The summed E-state index contributed by atoms with van der Waals surface area (Å²) in [6.07, 6.45) is 0. The first kappa shape index (κ1) is 16.1. The number of para-hydroxylation sites is 1. The number of aromatic nitrogens is 2. The van der Waals surface area contributed by atoms with Crippen LogP contribution >= 0.6 is 0 Å². The third-order valence-corrected chi connectivity index (χ3v) is 3.39. The number of carbonyl (C=O) groups is 1. The SMILES string of the molecule is Cc1cc(C(=O)Nc2ccccc2)nc(Nc2ccc(C#N)cc2)n1. The van der Waals surface area contributed by atoms with Crippen LogP contribution in [0.4, 0.5) is 17.3 Å². The van der Waals surface area contributed by atoms with Crippen LogP contribution in [0.15, 0.2) is 60.7 Å². The van der Waals surface area contributed by atoms with E-state index < -0.39 is 0 Å². The highest BCUT2D eigenvalue weighted by atomic mass is 16.1. The summed E-state index contributed by atoms with van der Waals surface area (Å²) in [5.41, 5.74) is 2.94. The monoisotopic (exact) mass is 329 g/mol. The Labute approximate surface area is 145 Å². The zero-order valence-electron chi connectivity index (χ0n) is 13.5. The Kier molecular flexibility index (Phi) is 4.67. The van der Waals surface area contributed by atoms with Crippen molar-refractivity contribution in [1.29, 1.82) is 5.26 Å². The fourth-order valence-corrected chi connectivity index (χ4v) is 2.21. The highest BCUT2D eigenvalue weighted by Gasteiger charge is 2.11. The van der Waals surface area contributed by atoms with Crippen molar-refractivity contribution in [2.24, 2.45) is 0 Å². The molecule has 0 atom stereocenters. The first-order valence-electron chi connectivity index (χ1n) is 7.63. The molecule has 0 spiro atoms. The molecule has 3 rings (SSSR count). The summed E-state index contributed by atoms with van der Waals surface area (Å²) in [4.78, 5) is 21.0. The van der Waals surface area contributed by atoms with Gasteiger partial charge in [-0.1, -0.05) is 18.2 Å². The molecule has 2 aromatic carbocycles. The Morgan fingerprint density at radius 3 is 2.40 bits per heavy atom. The number of benzene rings is 2. The normalized spacial score (nSPS) is 9.92. The van der Waals surface area contributed by atoms with Crippen molar-refractivity contribution in [2.75, 3.05) is 10.6 Å². The summed E-state index contributed by atoms with van der Waals surface area (Å²) >= 11 is 0. The Morgan fingerprint density at radius 1 is 1.00 bits per heavy atom. The molecule has 122 valence electrons. The molecule has 0 bridgehead atoms.